The largest absolute Gasteiger partial charge is 0.481 e. The molecule has 0 radical (unpaired) electrons. The van der Waals surface area contributed by atoms with Crippen LogP contribution < -0.4 is 5.32 Å². The summed E-state index contributed by atoms with van der Waals surface area (Å²) in [5, 5.41) is 29.6. The molecule has 1 heterocycles. The van der Waals surface area contributed by atoms with Crippen LogP contribution in [0.3, 0.4) is 0 Å². The number of nitrogens with one attached hydrogen (secondary N) is 1. The predicted octanol–water partition coefficient (Wildman–Crippen LogP) is 4.52. The average molecular weight is 474 g/mol. The van der Waals surface area contributed by atoms with Gasteiger partial charge in [-0.05, 0) is 44.2 Å². The van der Waals surface area contributed by atoms with Gasteiger partial charge in [0.25, 0.3) is 0 Å². The van der Waals surface area contributed by atoms with Gasteiger partial charge in [0.05, 0.1) is 11.8 Å². The van der Waals surface area contributed by atoms with Crippen LogP contribution in [0.25, 0.3) is 11.3 Å². The highest BCUT2D eigenvalue weighted by atomic mass is 32.1. The van der Waals surface area contributed by atoms with Gasteiger partial charge in [-0.15, -0.1) is 0 Å². The van der Waals surface area contributed by atoms with E-state index in [1.807, 2.05) is 6.07 Å². The Kier molecular flexibility index (Phi) is 8.11. The van der Waals surface area contributed by atoms with E-state index in [4.69, 9.17) is 10.2 Å². The van der Waals surface area contributed by atoms with E-state index in [-0.39, 0.29) is 27.8 Å². The second-order valence-corrected chi connectivity index (χ2v) is 9.17. The lowest BCUT2D eigenvalue weighted by molar-refractivity contribution is -0.142. The first kappa shape index (κ1) is 24.3. The zero-order valence-electron chi connectivity index (χ0n) is 17.8. The molecule has 0 unspecified atom stereocenters. The molecule has 2 aliphatic carbocycles. The minimum absolute atomic E-state index is 0.0185. The van der Waals surface area contributed by atoms with Crippen LogP contribution in [0.2, 0.25) is 0 Å². The molecule has 2 aliphatic rings. The molecule has 10 heteroatoms. The van der Waals surface area contributed by atoms with Crippen molar-refractivity contribution in [2.45, 2.75) is 44.9 Å². The van der Waals surface area contributed by atoms with Crippen molar-refractivity contribution >= 4 is 34.3 Å². The molecule has 2 atom stereocenters. The van der Waals surface area contributed by atoms with Crippen molar-refractivity contribution in [2.75, 3.05) is 5.32 Å². The van der Waals surface area contributed by atoms with E-state index in [1.165, 1.54) is 18.2 Å². The summed E-state index contributed by atoms with van der Waals surface area (Å²) in [6, 6.07) is 7.73. The Bertz CT molecular complexity index is 1070. The third kappa shape index (κ3) is 6.35. The average Bonchev–Trinajstić information content (AvgIpc) is 3.54. The molecule has 3 N–H and O–H groups in total. The number of amides is 1. The number of thiazole rings is 1. The molecule has 174 valence electrons. The quantitative estimate of drug-likeness (QED) is 0.580. The van der Waals surface area contributed by atoms with Gasteiger partial charge in [-0.2, -0.15) is 5.26 Å². The van der Waals surface area contributed by atoms with Gasteiger partial charge < -0.3 is 15.5 Å². The van der Waals surface area contributed by atoms with E-state index < -0.39 is 23.7 Å². The highest BCUT2D eigenvalue weighted by molar-refractivity contribution is 7.16. The summed E-state index contributed by atoms with van der Waals surface area (Å²) in [7, 11) is 0. The maximum atomic E-state index is 13.4. The Labute approximate surface area is 194 Å². The van der Waals surface area contributed by atoms with Gasteiger partial charge in [-0.25, -0.2) is 9.37 Å². The lowest BCUT2D eigenvalue weighted by atomic mass is 10.0. The Morgan fingerprint density at radius 3 is 2.27 bits per heavy atom. The molecule has 8 nitrogen and oxygen atoms in total. The number of aliphatic carboxylic acids is 2. The fourth-order valence-electron chi connectivity index (χ4n) is 4.10. The van der Waals surface area contributed by atoms with Crippen molar-refractivity contribution in [3.8, 4) is 17.3 Å². The number of nitriles is 1. The van der Waals surface area contributed by atoms with Gasteiger partial charge >= 0.3 is 11.9 Å². The van der Waals surface area contributed by atoms with E-state index in [1.54, 1.807) is 6.07 Å². The van der Waals surface area contributed by atoms with Crippen LogP contribution in [-0.2, 0) is 14.4 Å². The van der Waals surface area contributed by atoms with E-state index in [9.17, 15) is 24.0 Å². The van der Waals surface area contributed by atoms with Crippen molar-refractivity contribution in [3.05, 3.63) is 35.0 Å². The zero-order valence-corrected chi connectivity index (χ0v) is 18.6. The van der Waals surface area contributed by atoms with Crippen molar-refractivity contribution in [2.24, 2.45) is 17.8 Å². The third-order valence-corrected chi connectivity index (χ3v) is 6.79. The summed E-state index contributed by atoms with van der Waals surface area (Å²) in [5.74, 6) is -3.13. The van der Waals surface area contributed by atoms with E-state index in [2.05, 4.69) is 10.3 Å². The first-order valence-corrected chi connectivity index (χ1v) is 11.5. The fraction of sp³-hybridized carbons (Fsp3) is 0.435. The number of halogens is 1. The maximum absolute atomic E-state index is 13.4. The van der Waals surface area contributed by atoms with Crippen molar-refractivity contribution in [3.63, 3.8) is 0 Å². The lowest BCUT2D eigenvalue weighted by Crippen LogP contribution is -2.21. The normalized spacial score (nSPS) is 19.9. The molecule has 0 saturated heterocycles. The van der Waals surface area contributed by atoms with Gasteiger partial charge in [-0.3, -0.25) is 14.4 Å². The maximum Gasteiger partial charge on any atom is 0.306 e. The Hall–Kier alpha value is -3.32. The first-order chi connectivity index (χ1) is 15.8. The number of anilines is 1. The monoisotopic (exact) mass is 473 g/mol. The highest BCUT2D eigenvalue weighted by Gasteiger charge is 2.34. The Balaban J connectivity index is 0.000000323. The summed E-state index contributed by atoms with van der Waals surface area (Å²) in [5.41, 5.74) is 0.775. The molecule has 33 heavy (non-hydrogen) atoms. The molecule has 4 rings (SSSR count). The smallest absolute Gasteiger partial charge is 0.306 e. The predicted molar refractivity (Wildman–Crippen MR) is 119 cm³/mol. The first-order valence-electron chi connectivity index (χ1n) is 10.7. The van der Waals surface area contributed by atoms with Crippen LogP contribution in [0, 0.1) is 34.9 Å². The molecule has 0 spiro atoms. The molecular formula is C23H24FN3O5S. The standard InChI is InChI=1S/C17H14FN3O3S.C6H10O2/c18-12-3-1-2-9(7-12)14-13(8-19)25-17(20-14)21-15(22)10-4-5-11(6-10)16(23)24;7-6(8)5-3-1-2-4-5/h1-3,7,10-11H,4-6H2,(H,23,24)(H,20,21,22);5H,1-4H2,(H,7,8)/t10-,11-;/m0./s1. The number of carbonyl (C=O) groups is 3. The molecular weight excluding hydrogens is 449 g/mol. The molecule has 2 aromatic rings. The van der Waals surface area contributed by atoms with Crippen LogP contribution in [0.4, 0.5) is 9.52 Å². The lowest BCUT2D eigenvalue weighted by Gasteiger charge is -2.08. The van der Waals surface area contributed by atoms with E-state index >= 15 is 0 Å². The van der Waals surface area contributed by atoms with Gasteiger partial charge in [0.15, 0.2) is 5.13 Å². The number of carbonyl (C=O) groups excluding carboxylic acids is 1. The van der Waals surface area contributed by atoms with Gasteiger partial charge in [-0.1, -0.05) is 36.3 Å². The second-order valence-electron chi connectivity index (χ2n) is 8.17. The number of hydrogen-bond acceptors (Lipinski definition) is 6. The van der Waals surface area contributed by atoms with Crippen LogP contribution in [0.1, 0.15) is 49.8 Å². The summed E-state index contributed by atoms with van der Waals surface area (Å²) in [6.07, 6.45) is 5.30. The number of rotatable bonds is 5. The SMILES string of the molecule is N#Cc1sc(NC(=O)[C@H]2CC[C@H](C(=O)O)C2)nc1-c1cccc(F)c1.O=C(O)C1CCCC1. The number of hydrogen-bond donors (Lipinski definition) is 3. The number of nitrogens with zero attached hydrogens (tertiary/aromatic N) is 2. The van der Waals surface area contributed by atoms with Crippen LogP contribution in [0.5, 0.6) is 0 Å². The molecule has 2 fully saturated rings. The molecule has 1 amide bonds. The van der Waals surface area contributed by atoms with Crippen LogP contribution in [-0.4, -0.2) is 33.0 Å². The minimum atomic E-state index is -0.885. The van der Waals surface area contributed by atoms with Gasteiger partial charge in [0.1, 0.15) is 22.5 Å². The van der Waals surface area contributed by atoms with Crippen molar-refractivity contribution in [1.29, 1.82) is 5.26 Å². The van der Waals surface area contributed by atoms with Crippen molar-refractivity contribution < 1.29 is 29.0 Å². The molecule has 1 aromatic carbocycles. The molecule has 0 aliphatic heterocycles. The van der Waals surface area contributed by atoms with Gasteiger partial charge in [0, 0.05) is 11.5 Å². The van der Waals surface area contributed by atoms with Crippen LogP contribution in [0.15, 0.2) is 24.3 Å². The highest BCUT2D eigenvalue weighted by Crippen LogP contribution is 2.34. The summed E-state index contributed by atoms with van der Waals surface area (Å²) >= 11 is 1.01. The zero-order chi connectivity index (χ0) is 24.0. The molecule has 1 aromatic heterocycles. The van der Waals surface area contributed by atoms with Gasteiger partial charge in [0.2, 0.25) is 5.91 Å². The second kappa shape index (κ2) is 11.0. The minimum Gasteiger partial charge on any atom is -0.481 e. The van der Waals surface area contributed by atoms with Crippen LogP contribution >= 0.6 is 11.3 Å². The van der Waals surface area contributed by atoms with E-state index in [0.29, 0.717) is 30.5 Å². The number of aromatic nitrogens is 1. The third-order valence-electron chi connectivity index (χ3n) is 5.91. The Morgan fingerprint density at radius 2 is 1.73 bits per heavy atom. The molecule has 2 saturated carbocycles. The summed E-state index contributed by atoms with van der Waals surface area (Å²) in [4.78, 5) is 38.0. The van der Waals surface area contributed by atoms with E-state index in [0.717, 1.165) is 37.0 Å². The topological polar surface area (TPSA) is 140 Å². The fourth-order valence-corrected chi connectivity index (χ4v) is 4.89. The summed E-state index contributed by atoms with van der Waals surface area (Å²) in [6.45, 7) is 0. The summed E-state index contributed by atoms with van der Waals surface area (Å²) < 4.78 is 13.4. The number of benzene rings is 1. The Morgan fingerprint density at radius 1 is 1.06 bits per heavy atom. The number of carboxylic acids is 2. The number of carboxylic acid groups (broad SMARTS) is 2. The van der Waals surface area contributed by atoms with Crippen molar-refractivity contribution in [1.82, 2.24) is 4.98 Å². The molecule has 0 bridgehead atoms.